The number of urea groups is 1. The predicted octanol–water partition coefficient (Wildman–Crippen LogP) is 4.21. The van der Waals surface area contributed by atoms with Crippen LogP contribution in [0.5, 0.6) is 0 Å². The molecule has 2 amide bonds. The third kappa shape index (κ3) is 4.35. The molecule has 33 heavy (non-hydrogen) atoms. The molecule has 0 saturated carbocycles. The molecule has 5 rings (SSSR count). The summed E-state index contributed by atoms with van der Waals surface area (Å²) in [5, 5.41) is 6.53. The SMILES string of the molecule is O=Cc1c(NC(=O)NCc2c(-n3cccc3)[nH]c3c2CCN(CCF)C3)sc2c1CCCC2. The van der Waals surface area contributed by atoms with Crippen LogP contribution in [0.4, 0.5) is 14.2 Å². The van der Waals surface area contributed by atoms with Crippen molar-refractivity contribution in [3.05, 3.63) is 57.4 Å². The highest BCUT2D eigenvalue weighted by Gasteiger charge is 2.25. The van der Waals surface area contributed by atoms with E-state index in [0.29, 0.717) is 30.2 Å². The molecule has 0 saturated heterocycles. The summed E-state index contributed by atoms with van der Waals surface area (Å²) in [6, 6.07) is 3.59. The molecule has 7 nitrogen and oxygen atoms in total. The van der Waals surface area contributed by atoms with Gasteiger partial charge in [-0.05, 0) is 55.4 Å². The summed E-state index contributed by atoms with van der Waals surface area (Å²) in [4.78, 5) is 31.3. The minimum Gasteiger partial charge on any atom is -0.343 e. The maximum atomic E-state index is 12.8. The van der Waals surface area contributed by atoms with E-state index in [2.05, 4.69) is 20.5 Å². The number of alkyl halides is 1. The average molecular weight is 470 g/mol. The largest absolute Gasteiger partial charge is 0.343 e. The number of carbonyl (C=O) groups is 2. The summed E-state index contributed by atoms with van der Waals surface area (Å²) in [6.45, 7) is 1.89. The van der Waals surface area contributed by atoms with Crippen LogP contribution in [0.25, 0.3) is 5.82 Å². The van der Waals surface area contributed by atoms with Crippen molar-refractivity contribution in [2.24, 2.45) is 0 Å². The van der Waals surface area contributed by atoms with Crippen molar-refractivity contribution in [3.63, 3.8) is 0 Å². The van der Waals surface area contributed by atoms with Crippen LogP contribution < -0.4 is 10.6 Å². The number of fused-ring (bicyclic) bond motifs is 2. The van der Waals surface area contributed by atoms with Crippen LogP contribution >= 0.6 is 11.3 Å². The number of anilines is 1. The van der Waals surface area contributed by atoms with Crippen molar-refractivity contribution in [2.75, 3.05) is 25.1 Å². The zero-order valence-electron chi connectivity index (χ0n) is 18.5. The average Bonchev–Trinajstić information content (AvgIpc) is 3.54. The summed E-state index contributed by atoms with van der Waals surface area (Å²) in [7, 11) is 0. The van der Waals surface area contributed by atoms with E-state index in [9.17, 15) is 14.0 Å². The minimum atomic E-state index is -0.357. The van der Waals surface area contributed by atoms with Gasteiger partial charge in [-0.3, -0.25) is 15.0 Å². The highest BCUT2D eigenvalue weighted by atomic mass is 32.1. The van der Waals surface area contributed by atoms with Crippen molar-refractivity contribution in [1.82, 2.24) is 19.8 Å². The van der Waals surface area contributed by atoms with E-state index < -0.39 is 0 Å². The number of hydrogen-bond donors (Lipinski definition) is 3. The van der Waals surface area contributed by atoms with Crippen LogP contribution in [0.3, 0.4) is 0 Å². The monoisotopic (exact) mass is 469 g/mol. The van der Waals surface area contributed by atoms with Crippen LogP contribution in [0.2, 0.25) is 0 Å². The Labute approximate surface area is 196 Å². The molecule has 1 aliphatic heterocycles. The molecule has 0 aromatic carbocycles. The number of aldehydes is 1. The zero-order chi connectivity index (χ0) is 22.8. The zero-order valence-corrected chi connectivity index (χ0v) is 19.3. The second-order valence-corrected chi connectivity index (χ2v) is 9.70. The van der Waals surface area contributed by atoms with Crippen LogP contribution in [0, 0.1) is 0 Å². The number of thiophene rings is 1. The summed E-state index contributed by atoms with van der Waals surface area (Å²) in [6.07, 6.45) is 9.68. The van der Waals surface area contributed by atoms with Gasteiger partial charge in [0.25, 0.3) is 0 Å². The van der Waals surface area contributed by atoms with Crippen molar-refractivity contribution < 1.29 is 14.0 Å². The molecule has 0 atom stereocenters. The molecule has 174 valence electrons. The Morgan fingerprint density at radius 2 is 2.00 bits per heavy atom. The molecule has 0 fully saturated rings. The van der Waals surface area contributed by atoms with E-state index in [4.69, 9.17) is 0 Å². The molecular formula is C24H28FN5O2S. The van der Waals surface area contributed by atoms with Crippen LogP contribution in [-0.2, 0) is 32.4 Å². The first-order valence-corrected chi connectivity index (χ1v) is 12.3. The molecule has 4 heterocycles. The third-order valence-electron chi connectivity index (χ3n) is 6.59. The number of nitrogens with one attached hydrogen (secondary N) is 3. The highest BCUT2D eigenvalue weighted by molar-refractivity contribution is 7.16. The number of H-pyrrole nitrogens is 1. The number of rotatable bonds is 7. The van der Waals surface area contributed by atoms with Crippen LogP contribution in [0.15, 0.2) is 24.5 Å². The molecule has 0 radical (unpaired) electrons. The number of hydrogen-bond acceptors (Lipinski definition) is 4. The molecule has 9 heteroatoms. The van der Waals surface area contributed by atoms with Gasteiger partial charge < -0.3 is 14.9 Å². The number of aryl methyl sites for hydroxylation is 1. The highest BCUT2D eigenvalue weighted by Crippen LogP contribution is 2.37. The molecule has 3 N–H and O–H groups in total. The van der Waals surface area contributed by atoms with E-state index in [1.807, 2.05) is 29.1 Å². The lowest BCUT2D eigenvalue weighted by Gasteiger charge is -2.26. The smallest absolute Gasteiger partial charge is 0.320 e. The Hall–Kier alpha value is -2.91. The van der Waals surface area contributed by atoms with E-state index in [-0.39, 0.29) is 12.7 Å². The van der Waals surface area contributed by atoms with Gasteiger partial charge in [0.1, 0.15) is 17.5 Å². The van der Waals surface area contributed by atoms with Gasteiger partial charge in [-0.15, -0.1) is 11.3 Å². The minimum absolute atomic E-state index is 0.319. The Morgan fingerprint density at radius 1 is 1.18 bits per heavy atom. The summed E-state index contributed by atoms with van der Waals surface area (Å²) >= 11 is 1.52. The fraction of sp³-hybridized carbons (Fsp3) is 0.417. The molecule has 3 aromatic rings. The number of aromatic amines is 1. The molecule has 0 unspecified atom stereocenters. The number of carbonyl (C=O) groups excluding carboxylic acids is 2. The number of aromatic nitrogens is 2. The van der Waals surface area contributed by atoms with Crippen LogP contribution in [0.1, 0.15) is 50.5 Å². The predicted molar refractivity (Wildman–Crippen MR) is 127 cm³/mol. The Bertz CT molecular complexity index is 1150. The Morgan fingerprint density at radius 3 is 2.79 bits per heavy atom. The van der Waals surface area contributed by atoms with E-state index in [0.717, 1.165) is 67.6 Å². The summed E-state index contributed by atoms with van der Waals surface area (Å²) in [5.41, 5.74) is 5.03. The third-order valence-corrected chi connectivity index (χ3v) is 7.81. The van der Waals surface area contributed by atoms with Crippen molar-refractivity contribution in [1.29, 1.82) is 0 Å². The van der Waals surface area contributed by atoms with Crippen LogP contribution in [-0.4, -0.2) is 46.5 Å². The Balaban J connectivity index is 1.34. The van der Waals surface area contributed by atoms with Gasteiger partial charge in [0, 0.05) is 54.7 Å². The fourth-order valence-electron chi connectivity index (χ4n) is 4.96. The van der Waals surface area contributed by atoms with E-state index in [1.165, 1.54) is 21.8 Å². The quantitative estimate of drug-likeness (QED) is 0.454. The van der Waals surface area contributed by atoms with Gasteiger partial charge in [0.2, 0.25) is 0 Å². The topological polar surface area (TPSA) is 82.2 Å². The summed E-state index contributed by atoms with van der Waals surface area (Å²) in [5.74, 6) is 0.924. The summed E-state index contributed by atoms with van der Waals surface area (Å²) < 4.78 is 14.9. The van der Waals surface area contributed by atoms with Gasteiger partial charge in [0.05, 0.1) is 5.56 Å². The first-order valence-electron chi connectivity index (χ1n) is 11.5. The van der Waals surface area contributed by atoms with Gasteiger partial charge >= 0.3 is 6.03 Å². The molecule has 2 aliphatic rings. The van der Waals surface area contributed by atoms with Gasteiger partial charge in [0.15, 0.2) is 6.29 Å². The molecular weight excluding hydrogens is 441 g/mol. The second-order valence-electron chi connectivity index (χ2n) is 8.59. The lowest BCUT2D eigenvalue weighted by molar-refractivity contribution is 0.112. The standard InChI is InChI=1S/C24H28FN5O2S/c25-8-12-29-11-7-16-18(22(27-20(16)14-29)30-9-3-4-10-30)13-26-24(32)28-23-19(15-31)17-5-1-2-6-21(17)33-23/h3-4,9-10,15,27H,1-2,5-8,11-14H2,(H2,26,28,32). The van der Waals surface area contributed by atoms with Crippen molar-refractivity contribution >= 4 is 28.7 Å². The fourth-order valence-corrected chi connectivity index (χ4v) is 6.21. The normalized spacial score (nSPS) is 15.7. The number of nitrogens with zero attached hydrogens (tertiary/aromatic N) is 2. The van der Waals surface area contributed by atoms with Crippen molar-refractivity contribution in [2.45, 2.75) is 45.2 Å². The van der Waals surface area contributed by atoms with Gasteiger partial charge in [-0.25, -0.2) is 9.18 Å². The maximum absolute atomic E-state index is 12.8. The molecule has 1 aliphatic carbocycles. The van der Waals surface area contributed by atoms with E-state index >= 15 is 0 Å². The lowest BCUT2D eigenvalue weighted by Crippen LogP contribution is -2.33. The second kappa shape index (κ2) is 9.52. The van der Waals surface area contributed by atoms with Gasteiger partial charge in [-0.1, -0.05) is 0 Å². The molecule has 0 spiro atoms. The number of halogens is 1. The molecule has 0 bridgehead atoms. The van der Waals surface area contributed by atoms with Gasteiger partial charge in [-0.2, -0.15) is 0 Å². The van der Waals surface area contributed by atoms with E-state index in [1.54, 1.807) is 0 Å². The number of amides is 2. The maximum Gasteiger partial charge on any atom is 0.320 e. The Kier molecular flexibility index (Phi) is 6.32. The lowest BCUT2D eigenvalue weighted by atomic mass is 9.96. The molecule has 3 aromatic heterocycles. The first-order chi connectivity index (χ1) is 16.2. The van der Waals surface area contributed by atoms with Crippen molar-refractivity contribution in [3.8, 4) is 5.82 Å². The first kappa shape index (κ1) is 21.9.